The van der Waals surface area contributed by atoms with Crippen LogP contribution in [0.3, 0.4) is 0 Å². The number of piperazine rings is 1. The Morgan fingerprint density at radius 3 is 2.02 bits per heavy atom. The zero-order valence-corrected chi connectivity index (χ0v) is 24.8. The third-order valence-corrected chi connectivity index (χ3v) is 7.08. The Labute approximate surface area is 248 Å². The van der Waals surface area contributed by atoms with Crippen LogP contribution in [0.1, 0.15) is 38.8 Å². The zero-order chi connectivity index (χ0) is 29.5. The van der Waals surface area contributed by atoms with E-state index < -0.39 is 5.60 Å². The molecule has 1 aliphatic rings. The van der Waals surface area contributed by atoms with Crippen molar-refractivity contribution >= 4 is 11.8 Å². The number of aromatic nitrogens is 1. The topological polar surface area (TPSA) is 64.1 Å². The van der Waals surface area contributed by atoms with Crippen LogP contribution in [-0.2, 0) is 18.0 Å². The van der Waals surface area contributed by atoms with Gasteiger partial charge in [-0.05, 0) is 62.6 Å². The van der Waals surface area contributed by atoms with Crippen molar-refractivity contribution in [1.82, 2.24) is 9.88 Å². The summed E-state index contributed by atoms with van der Waals surface area (Å²) in [5, 5.41) is 0. The van der Waals surface area contributed by atoms with Crippen molar-refractivity contribution in [3.8, 4) is 22.9 Å². The average molecular weight is 566 g/mol. The van der Waals surface area contributed by atoms with Gasteiger partial charge < -0.3 is 24.0 Å². The van der Waals surface area contributed by atoms with Gasteiger partial charge in [0, 0.05) is 43.0 Å². The first-order valence-corrected chi connectivity index (χ1v) is 14.4. The summed E-state index contributed by atoms with van der Waals surface area (Å²) >= 11 is 0. The molecule has 0 saturated carbocycles. The van der Waals surface area contributed by atoms with Crippen molar-refractivity contribution < 1.29 is 19.0 Å². The molecule has 0 unspecified atom stereocenters. The van der Waals surface area contributed by atoms with Crippen LogP contribution < -0.4 is 14.4 Å². The van der Waals surface area contributed by atoms with Crippen molar-refractivity contribution in [1.29, 1.82) is 0 Å². The first kappa shape index (κ1) is 29.0. The molecule has 7 nitrogen and oxygen atoms in total. The molecule has 4 aromatic rings. The van der Waals surface area contributed by atoms with Gasteiger partial charge in [0.25, 0.3) is 0 Å². The van der Waals surface area contributed by atoms with Gasteiger partial charge in [-0.25, -0.2) is 4.79 Å². The lowest BCUT2D eigenvalue weighted by Crippen LogP contribution is -2.55. The van der Waals surface area contributed by atoms with Crippen molar-refractivity contribution in [2.24, 2.45) is 0 Å². The summed E-state index contributed by atoms with van der Waals surface area (Å²) in [6.07, 6.45) is -0.253. The van der Waals surface area contributed by atoms with Crippen LogP contribution in [0.25, 0.3) is 11.1 Å². The maximum Gasteiger partial charge on any atom is 0.410 e. The Kier molecular flexibility index (Phi) is 8.96. The molecule has 0 radical (unpaired) electrons. The lowest BCUT2D eigenvalue weighted by Gasteiger charge is -2.41. The summed E-state index contributed by atoms with van der Waals surface area (Å²) < 4.78 is 17.9. The predicted molar refractivity (Wildman–Crippen MR) is 166 cm³/mol. The van der Waals surface area contributed by atoms with E-state index in [2.05, 4.69) is 36.1 Å². The summed E-state index contributed by atoms with van der Waals surface area (Å²) in [7, 11) is 0. The molecule has 2 heterocycles. The van der Waals surface area contributed by atoms with E-state index in [1.165, 1.54) is 0 Å². The number of anilines is 1. The van der Waals surface area contributed by atoms with Gasteiger partial charge in [-0.3, -0.25) is 0 Å². The van der Waals surface area contributed by atoms with Gasteiger partial charge in [0.1, 0.15) is 18.8 Å². The molecule has 1 amide bonds. The quantitative estimate of drug-likeness (QED) is 0.223. The molecule has 0 bridgehead atoms. The Morgan fingerprint density at radius 2 is 1.43 bits per heavy atom. The number of carbonyl (C=O) groups excluding carboxylic acids is 1. The minimum absolute atomic E-state index is 0.0406. The van der Waals surface area contributed by atoms with E-state index in [0.29, 0.717) is 31.5 Å². The van der Waals surface area contributed by atoms with Gasteiger partial charge >= 0.3 is 6.09 Å². The minimum atomic E-state index is -0.505. The Hall–Kier alpha value is -4.52. The van der Waals surface area contributed by atoms with Crippen molar-refractivity contribution in [2.75, 3.05) is 24.5 Å². The monoisotopic (exact) mass is 565 g/mol. The molecule has 0 spiro atoms. The number of ether oxygens (including phenoxy) is 3. The Morgan fingerprint density at radius 1 is 0.810 bits per heavy atom. The van der Waals surface area contributed by atoms with Gasteiger partial charge in [-0.1, -0.05) is 72.8 Å². The van der Waals surface area contributed by atoms with Crippen molar-refractivity contribution in [2.45, 2.75) is 52.6 Å². The van der Waals surface area contributed by atoms with Crippen molar-refractivity contribution in [3.63, 3.8) is 0 Å². The molecule has 0 aliphatic carbocycles. The van der Waals surface area contributed by atoms with Crippen LogP contribution >= 0.6 is 0 Å². The minimum Gasteiger partial charge on any atom is -0.473 e. The number of nitrogens with zero attached hydrogens (tertiary/aromatic N) is 3. The maximum atomic E-state index is 12.6. The van der Waals surface area contributed by atoms with E-state index in [1.807, 2.05) is 98.5 Å². The highest BCUT2D eigenvalue weighted by molar-refractivity contribution is 5.72. The standard InChI is InChI=1S/C35H39N3O4/c1-26-23-37(21-22-38(26)34(39)42-35(2,3)4)30-17-15-29(16-18-30)31-19-20-32(40-24-27-11-7-5-8-12-27)36-33(31)41-25-28-13-9-6-10-14-28/h5-20,26H,21-25H2,1-4H3/t26-/m1/s1. The molecule has 5 rings (SSSR count). The first-order chi connectivity index (χ1) is 20.2. The van der Waals surface area contributed by atoms with Crippen LogP contribution in [0.5, 0.6) is 11.8 Å². The maximum absolute atomic E-state index is 12.6. The highest BCUT2D eigenvalue weighted by Crippen LogP contribution is 2.33. The molecule has 1 fully saturated rings. The molecule has 1 aromatic heterocycles. The molecular formula is C35H39N3O4. The van der Waals surface area contributed by atoms with Crippen LogP contribution in [0, 0.1) is 0 Å². The number of hydrogen-bond acceptors (Lipinski definition) is 6. The third kappa shape index (κ3) is 7.60. The number of pyridine rings is 1. The van der Waals surface area contributed by atoms with Gasteiger partial charge in [-0.15, -0.1) is 0 Å². The lowest BCUT2D eigenvalue weighted by atomic mass is 10.1. The van der Waals surface area contributed by atoms with E-state index in [1.54, 1.807) is 0 Å². The van der Waals surface area contributed by atoms with E-state index in [4.69, 9.17) is 19.2 Å². The van der Waals surface area contributed by atoms with Crippen LogP contribution in [0.2, 0.25) is 0 Å². The second-order valence-electron chi connectivity index (χ2n) is 11.6. The molecule has 1 atom stereocenters. The Bertz CT molecular complexity index is 1450. The fraction of sp³-hybridized carbons (Fsp3) is 0.314. The predicted octanol–water partition coefficient (Wildman–Crippen LogP) is 7.35. The molecule has 1 saturated heterocycles. The molecule has 42 heavy (non-hydrogen) atoms. The first-order valence-electron chi connectivity index (χ1n) is 14.4. The van der Waals surface area contributed by atoms with E-state index in [0.717, 1.165) is 41.0 Å². The number of rotatable bonds is 8. The summed E-state index contributed by atoms with van der Waals surface area (Å²) in [5.74, 6) is 1.04. The lowest BCUT2D eigenvalue weighted by molar-refractivity contribution is 0.0159. The van der Waals surface area contributed by atoms with Crippen LogP contribution in [0.15, 0.2) is 97.1 Å². The molecule has 218 valence electrons. The second kappa shape index (κ2) is 13.0. The fourth-order valence-corrected chi connectivity index (χ4v) is 4.93. The third-order valence-electron chi connectivity index (χ3n) is 7.08. The summed E-state index contributed by atoms with van der Waals surface area (Å²) in [4.78, 5) is 21.5. The highest BCUT2D eigenvalue weighted by Gasteiger charge is 2.31. The normalized spacial score (nSPS) is 15.3. The van der Waals surface area contributed by atoms with E-state index in [9.17, 15) is 4.79 Å². The van der Waals surface area contributed by atoms with Crippen LogP contribution in [0.4, 0.5) is 10.5 Å². The van der Waals surface area contributed by atoms with E-state index in [-0.39, 0.29) is 12.1 Å². The summed E-state index contributed by atoms with van der Waals surface area (Å²) in [6, 6.07) is 32.5. The largest absolute Gasteiger partial charge is 0.473 e. The number of benzene rings is 3. The highest BCUT2D eigenvalue weighted by atomic mass is 16.6. The van der Waals surface area contributed by atoms with E-state index >= 15 is 0 Å². The number of hydrogen-bond donors (Lipinski definition) is 0. The summed E-state index contributed by atoms with van der Waals surface area (Å²) in [6.45, 7) is 10.7. The zero-order valence-electron chi connectivity index (χ0n) is 24.8. The smallest absolute Gasteiger partial charge is 0.410 e. The molecule has 3 aromatic carbocycles. The van der Waals surface area contributed by atoms with Gasteiger partial charge in [0.05, 0.1) is 0 Å². The van der Waals surface area contributed by atoms with Gasteiger partial charge in [-0.2, -0.15) is 4.98 Å². The molecule has 1 aliphatic heterocycles. The van der Waals surface area contributed by atoms with Crippen LogP contribution in [-0.4, -0.2) is 47.3 Å². The summed E-state index contributed by atoms with van der Waals surface area (Å²) in [5.41, 5.74) is 4.64. The molecular weight excluding hydrogens is 526 g/mol. The van der Waals surface area contributed by atoms with Crippen molar-refractivity contribution in [3.05, 3.63) is 108 Å². The fourth-order valence-electron chi connectivity index (χ4n) is 4.93. The molecule has 7 heteroatoms. The second-order valence-corrected chi connectivity index (χ2v) is 11.6. The Balaban J connectivity index is 1.30. The number of amides is 1. The average Bonchev–Trinajstić information content (AvgIpc) is 2.99. The SMILES string of the molecule is C[C@@H]1CN(c2ccc(-c3ccc(OCc4ccccc4)nc3OCc3ccccc3)cc2)CCN1C(=O)OC(C)(C)C. The molecule has 0 N–H and O–H groups in total. The van der Waals surface area contributed by atoms with Gasteiger partial charge in [0.2, 0.25) is 11.8 Å². The number of carbonyl (C=O) groups is 1. The van der Waals surface area contributed by atoms with Gasteiger partial charge in [0.15, 0.2) is 0 Å².